The number of amides is 2. The van der Waals surface area contributed by atoms with Gasteiger partial charge in [0, 0.05) is 12.1 Å². The second-order valence-electron chi connectivity index (χ2n) is 5.60. The predicted molar refractivity (Wildman–Crippen MR) is 84.7 cm³/mol. The van der Waals surface area contributed by atoms with Crippen molar-refractivity contribution in [1.29, 1.82) is 0 Å². The summed E-state index contributed by atoms with van der Waals surface area (Å²) in [6.45, 7) is 1.61. The fraction of sp³-hybridized carbons (Fsp3) is 0.235. The summed E-state index contributed by atoms with van der Waals surface area (Å²) in [6.07, 6.45) is 0.0698. The van der Waals surface area contributed by atoms with Gasteiger partial charge in [-0.25, -0.2) is 4.79 Å². The van der Waals surface area contributed by atoms with Crippen molar-refractivity contribution in [2.45, 2.75) is 25.8 Å². The summed E-state index contributed by atoms with van der Waals surface area (Å²) >= 11 is 0. The lowest BCUT2D eigenvalue weighted by atomic mass is 9.90. The molecule has 3 N–H and O–H groups in total. The molecular weight excluding hydrogens is 312 g/mol. The van der Waals surface area contributed by atoms with Crippen molar-refractivity contribution in [1.82, 2.24) is 5.32 Å². The van der Waals surface area contributed by atoms with E-state index in [9.17, 15) is 14.4 Å². The van der Waals surface area contributed by atoms with E-state index in [-0.39, 0.29) is 36.1 Å². The maximum Gasteiger partial charge on any atom is 0.339 e. The van der Waals surface area contributed by atoms with Crippen LogP contribution in [0.25, 0.3) is 0 Å². The molecule has 0 unspecified atom stereocenters. The predicted octanol–water partition coefficient (Wildman–Crippen LogP) is 2.03. The second-order valence-corrected chi connectivity index (χ2v) is 5.60. The van der Waals surface area contributed by atoms with E-state index < -0.39 is 11.9 Å². The van der Waals surface area contributed by atoms with Crippen LogP contribution in [0.4, 0.5) is 5.69 Å². The van der Waals surface area contributed by atoms with Crippen LogP contribution >= 0.6 is 0 Å². The van der Waals surface area contributed by atoms with Crippen molar-refractivity contribution < 1.29 is 23.9 Å². The summed E-state index contributed by atoms with van der Waals surface area (Å²) in [4.78, 5) is 35.2. The molecule has 1 atom stereocenters. The number of nitrogens with one attached hydrogen (secondary N) is 2. The van der Waals surface area contributed by atoms with Gasteiger partial charge in [0.1, 0.15) is 17.1 Å². The van der Waals surface area contributed by atoms with Crippen LogP contribution < -0.4 is 10.6 Å². The lowest BCUT2D eigenvalue weighted by molar-refractivity contribution is -0.126. The number of carbonyl (C=O) groups excluding carboxylic acids is 2. The van der Waals surface area contributed by atoms with Crippen LogP contribution in [0.1, 0.15) is 39.8 Å². The molecule has 124 valence electrons. The highest BCUT2D eigenvalue weighted by Crippen LogP contribution is 2.32. The highest BCUT2D eigenvalue weighted by molar-refractivity contribution is 6.01. The molecule has 0 spiro atoms. The number of anilines is 1. The van der Waals surface area contributed by atoms with Gasteiger partial charge in [0.15, 0.2) is 0 Å². The summed E-state index contributed by atoms with van der Waals surface area (Å²) < 4.78 is 5.33. The number of aryl methyl sites for hydroxylation is 1. The normalized spacial score (nSPS) is 16.2. The van der Waals surface area contributed by atoms with E-state index in [1.807, 2.05) is 6.07 Å². The summed E-state index contributed by atoms with van der Waals surface area (Å²) in [7, 11) is 0. The number of carboxylic acid groups (broad SMARTS) is 1. The molecule has 2 aromatic rings. The van der Waals surface area contributed by atoms with Gasteiger partial charge in [-0.05, 0) is 24.6 Å². The van der Waals surface area contributed by atoms with Crippen molar-refractivity contribution in [2.75, 3.05) is 5.32 Å². The van der Waals surface area contributed by atoms with Gasteiger partial charge in [-0.1, -0.05) is 18.2 Å². The highest BCUT2D eigenvalue weighted by Gasteiger charge is 2.30. The molecule has 0 aliphatic carbocycles. The van der Waals surface area contributed by atoms with Gasteiger partial charge in [-0.3, -0.25) is 9.59 Å². The van der Waals surface area contributed by atoms with Gasteiger partial charge >= 0.3 is 5.97 Å². The molecule has 2 amide bonds. The third-order valence-corrected chi connectivity index (χ3v) is 3.95. The van der Waals surface area contributed by atoms with Crippen LogP contribution in [0.2, 0.25) is 0 Å². The molecule has 1 aromatic heterocycles. The van der Waals surface area contributed by atoms with E-state index in [0.717, 1.165) is 5.56 Å². The molecule has 7 nitrogen and oxygen atoms in total. The summed E-state index contributed by atoms with van der Waals surface area (Å²) in [5, 5.41) is 14.4. The maximum absolute atomic E-state index is 12.5. The molecule has 3 rings (SSSR count). The van der Waals surface area contributed by atoms with Crippen LogP contribution in [-0.4, -0.2) is 22.9 Å². The minimum atomic E-state index is -1.08. The van der Waals surface area contributed by atoms with Crippen molar-refractivity contribution in [2.24, 2.45) is 0 Å². The molecular formula is C17H16N2O5. The fourth-order valence-electron chi connectivity index (χ4n) is 2.79. The van der Waals surface area contributed by atoms with E-state index in [4.69, 9.17) is 9.52 Å². The van der Waals surface area contributed by atoms with E-state index >= 15 is 0 Å². The van der Waals surface area contributed by atoms with Crippen LogP contribution in [0, 0.1) is 6.92 Å². The maximum atomic E-state index is 12.5. The molecule has 2 heterocycles. The molecule has 0 saturated carbocycles. The quantitative estimate of drug-likeness (QED) is 0.796. The summed E-state index contributed by atoms with van der Waals surface area (Å²) in [5.41, 5.74) is 1.47. The number of benzene rings is 1. The van der Waals surface area contributed by atoms with Gasteiger partial charge in [0.05, 0.1) is 12.5 Å². The number of carbonyl (C=O) groups is 3. The lowest BCUT2D eigenvalue weighted by Crippen LogP contribution is -2.34. The minimum Gasteiger partial charge on any atom is -0.478 e. The standard InChI is InChI=1S/C17H16N2O5/c1-9-12(17(22)23)6-10(24-9)8-18-16(21)13-7-15(20)19-14-5-3-2-4-11(13)14/h2-6,13H,7-8H2,1H3,(H,18,21)(H,19,20)(H,22,23)/t13-/m0/s1. The summed E-state index contributed by atoms with van der Waals surface area (Å²) in [5.74, 6) is -1.53. The molecule has 24 heavy (non-hydrogen) atoms. The molecule has 1 aliphatic rings. The number of fused-ring (bicyclic) bond motifs is 1. The van der Waals surface area contributed by atoms with Crippen LogP contribution in [0.5, 0.6) is 0 Å². The number of furan rings is 1. The minimum absolute atomic E-state index is 0.0627. The fourth-order valence-corrected chi connectivity index (χ4v) is 2.79. The van der Waals surface area contributed by atoms with Crippen molar-refractivity contribution in [3.05, 3.63) is 53.0 Å². The number of carboxylic acids is 1. The SMILES string of the molecule is Cc1oc(CNC(=O)[C@H]2CC(=O)Nc3ccccc32)cc1C(=O)O. The average Bonchev–Trinajstić information content (AvgIpc) is 2.93. The monoisotopic (exact) mass is 328 g/mol. The zero-order valence-electron chi connectivity index (χ0n) is 13.0. The van der Waals surface area contributed by atoms with Gasteiger partial charge in [0.25, 0.3) is 0 Å². The van der Waals surface area contributed by atoms with Crippen molar-refractivity contribution >= 4 is 23.5 Å². The molecule has 1 aliphatic heterocycles. The average molecular weight is 328 g/mol. The van der Waals surface area contributed by atoms with Gasteiger partial charge in [-0.2, -0.15) is 0 Å². The molecule has 0 fully saturated rings. The Balaban J connectivity index is 1.73. The van der Waals surface area contributed by atoms with Crippen molar-refractivity contribution in [3.63, 3.8) is 0 Å². The van der Waals surface area contributed by atoms with Gasteiger partial charge in [-0.15, -0.1) is 0 Å². The van der Waals surface area contributed by atoms with E-state index in [0.29, 0.717) is 11.4 Å². The van der Waals surface area contributed by atoms with Gasteiger partial charge in [0.2, 0.25) is 11.8 Å². The summed E-state index contributed by atoms with van der Waals surface area (Å²) in [6, 6.07) is 8.55. The zero-order valence-corrected chi connectivity index (χ0v) is 13.0. The Morgan fingerprint density at radius 2 is 2.12 bits per heavy atom. The van der Waals surface area contributed by atoms with Crippen LogP contribution in [-0.2, 0) is 16.1 Å². The van der Waals surface area contributed by atoms with Crippen LogP contribution in [0.3, 0.4) is 0 Å². The molecule has 0 bridgehead atoms. The molecule has 1 aromatic carbocycles. The molecule has 0 radical (unpaired) electrons. The Kier molecular flexibility index (Phi) is 4.07. The first-order chi connectivity index (χ1) is 11.5. The van der Waals surface area contributed by atoms with Gasteiger partial charge < -0.3 is 20.2 Å². The lowest BCUT2D eigenvalue weighted by Gasteiger charge is -2.24. The Hall–Kier alpha value is -3.09. The van der Waals surface area contributed by atoms with Crippen molar-refractivity contribution in [3.8, 4) is 0 Å². The number of rotatable bonds is 4. The first-order valence-electron chi connectivity index (χ1n) is 7.45. The highest BCUT2D eigenvalue weighted by atomic mass is 16.4. The third-order valence-electron chi connectivity index (χ3n) is 3.95. The zero-order chi connectivity index (χ0) is 17.3. The van der Waals surface area contributed by atoms with E-state index in [1.165, 1.54) is 6.07 Å². The Bertz CT molecular complexity index is 824. The van der Waals surface area contributed by atoms with E-state index in [2.05, 4.69) is 10.6 Å². The Morgan fingerprint density at radius 1 is 1.38 bits per heavy atom. The number of hydrogen-bond acceptors (Lipinski definition) is 4. The number of para-hydroxylation sites is 1. The first-order valence-corrected chi connectivity index (χ1v) is 7.45. The first kappa shape index (κ1) is 15.8. The Labute approximate surface area is 137 Å². The number of hydrogen-bond donors (Lipinski definition) is 3. The Morgan fingerprint density at radius 3 is 2.83 bits per heavy atom. The third kappa shape index (κ3) is 3.01. The smallest absolute Gasteiger partial charge is 0.339 e. The molecule has 0 saturated heterocycles. The number of aromatic carboxylic acids is 1. The van der Waals surface area contributed by atoms with E-state index in [1.54, 1.807) is 25.1 Å². The molecule has 7 heteroatoms. The van der Waals surface area contributed by atoms with Crippen LogP contribution in [0.15, 0.2) is 34.7 Å². The largest absolute Gasteiger partial charge is 0.478 e. The topological polar surface area (TPSA) is 109 Å². The second kappa shape index (κ2) is 6.19.